The van der Waals surface area contributed by atoms with E-state index < -0.39 is 17.6 Å². The molecule has 234 valence electrons. The molecule has 3 N–H and O–H groups in total. The molecular formula is C36H46N4O4. The summed E-state index contributed by atoms with van der Waals surface area (Å²) >= 11 is 0. The number of hydrogen-bond acceptors (Lipinski definition) is 5. The summed E-state index contributed by atoms with van der Waals surface area (Å²) in [5, 5.41) is 5.10. The molecule has 1 heterocycles. The lowest BCUT2D eigenvalue weighted by atomic mass is 9.96. The van der Waals surface area contributed by atoms with Crippen molar-refractivity contribution in [1.29, 1.82) is 0 Å². The molecule has 1 aliphatic heterocycles. The lowest BCUT2D eigenvalue weighted by Gasteiger charge is -2.34. The van der Waals surface area contributed by atoms with E-state index in [1.54, 1.807) is 20.2 Å². The van der Waals surface area contributed by atoms with Crippen LogP contribution >= 0.6 is 0 Å². The van der Waals surface area contributed by atoms with Crippen LogP contribution in [0.25, 0.3) is 10.8 Å². The van der Waals surface area contributed by atoms with Gasteiger partial charge in [0.2, 0.25) is 17.7 Å². The van der Waals surface area contributed by atoms with Gasteiger partial charge in [0.05, 0.1) is 6.10 Å². The maximum Gasteiger partial charge on any atom is 0.246 e. The molecule has 3 amide bonds. The number of carbonyl (C=O) groups excluding carboxylic acids is 3. The van der Waals surface area contributed by atoms with Crippen molar-refractivity contribution in [3.8, 4) is 0 Å². The Bertz CT molecular complexity index is 1440. The SMILES string of the molecule is CN(C(=O)[C@@H](Cc1cccc2ccccc12)N(C)C(=O)/C=C/CC(C)(C)N)C(Cc1ccccc1)C(=O)NCC1CCCO1. The van der Waals surface area contributed by atoms with Crippen LogP contribution in [0.15, 0.2) is 84.9 Å². The van der Waals surface area contributed by atoms with E-state index in [1.165, 1.54) is 15.9 Å². The molecule has 44 heavy (non-hydrogen) atoms. The van der Waals surface area contributed by atoms with Crippen LogP contribution in [0.4, 0.5) is 0 Å². The molecule has 1 saturated heterocycles. The third-order valence-electron chi connectivity index (χ3n) is 8.22. The Kier molecular flexibility index (Phi) is 11.3. The van der Waals surface area contributed by atoms with Crippen LogP contribution in [0.5, 0.6) is 0 Å². The van der Waals surface area contributed by atoms with Crippen molar-refractivity contribution < 1.29 is 19.1 Å². The molecule has 0 radical (unpaired) electrons. The van der Waals surface area contributed by atoms with Gasteiger partial charge >= 0.3 is 0 Å². The van der Waals surface area contributed by atoms with Crippen molar-refractivity contribution >= 4 is 28.5 Å². The number of fused-ring (bicyclic) bond motifs is 1. The Labute approximate surface area is 261 Å². The van der Waals surface area contributed by atoms with Gasteiger partial charge in [-0.15, -0.1) is 0 Å². The molecule has 3 aromatic carbocycles. The number of nitrogens with zero attached hydrogens (tertiary/aromatic N) is 2. The van der Waals surface area contributed by atoms with Crippen LogP contribution in [-0.4, -0.2) is 78.5 Å². The summed E-state index contributed by atoms with van der Waals surface area (Å²) in [4.78, 5) is 44.5. The van der Waals surface area contributed by atoms with E-state index in [9.17, 15) is 14.4 Å². The minimum Gasteiger partial charge on any atom is -0.376 e. The van der Waals surface area contributed by atoms with Crippen LogP contribution in [-0.2, 0) is 32.0 Å². The number of carbonyl (C=O) groups is 3. The fourth-order valence-electron chi connectivity index (χ4n) is 5.57. The average molecular weight is 599 g/mol. The molecule has 0 bridgehead atoms. The summed E-state index contributed by atoms with van der Waals surface area (Å²) in [5.74, 6) is -0.860. The highest BCUT2D eigenvalue weighted by atomic mass is 16.5. The molecule has 3 aromatic rings. The molecule has 0 spiro atoms. The van der Waals surface area contributed by atoms with Gasteiger partial charge in [-0.2, -0.15) is 0 Å². The fraction of sp³-hybridized carbons (Fsp3) is 0.417. The van der Waals surface area contributed by atoms with Crippen molar-refractivity contribution in [2.75, 3.05) is 27.2 Å². The van der Waals surface area contributed by atoms with Gasteiger partial charge in [0, 0.05) is 45.6 Å². The standard InChI is InChI=1S/C36H46N4O4/c1-36(2,37)21-11-20-33(41)39(3)32(24-28-17-10-16-27-15-8-9-19-30(27)28)35(43)40(4)31(23-26-13-6-5-7-14-26)34(42)38-25-29-18-12-22-44-29/h5-11,13-17,19-20,29,31-32H,12,18,21-25,37H2,1-4H3,(H,38,42)/b20-11+/t29?,31?,32-/m1/s1. The van der Waals surface area contributed by atoms with E-state index in [2.05, 4.69) is 5.32 Å². The molecule has 8 heteroatoms. The highest BCUT2D eigenvalue weighted by molar-refractivity contribution is 5.95. The van der Waals surface area contributed by atoms with Gasteiger partial charge < -0.3 is 25.6 Å². The summed E-state index contributed by atoms with van der Waals surface area (Å²) < 4.78 is 5.71. The molecule has 3 atom stereocenters. The molecule has 0 aliphatic carbocycles. The molecule has 8 nitrogen and oxygen atoms in total. The maximum absolute atomic E-state index is 14.4. The van der Waals surface area contributed by atoms with Crippen molar-refractivity contribution in [3.05, 3.63) is 96.1 Å². The Balaban J connectivity index is 1.64. The molecular weight excluding hydrogens is 552 g/mol. The number of ether oxygens (including phenoxy) is 1. The summed E-state index contributed by atoms with van der Waals surface area (Å²) in [6.07, 6.45) is 6.21. The highest BCUT2D eigenvalue weighted by Crippen LogP contribution is 2.23. The summed E-state index contributed by atoms with van der Waals surface area (Å²) in [6, 6.07) is 22.0. The van der Waals surface area contributed by atoms with E-state index in [-0.39, 0.29) is 23.8 Å². The zero-order valence-corrected chi connectivity index (χ0v) is 26.4. The van der Waals surface area contributed by atoms with Crippen molar-refractivity contribution in [1.82, 2.24) is 15.1 Å². The van der Waals surface area contributed by atoms with Crippen LogP contribution in [0.2, 0.25) is 0 Å². The minimum absolute atomic E-state index is 0.0227. The molecule has 0 saturated carbocycles. The third kappa shape index (κ3) is 9.00. The Morgan fingerprint density at radius 2 is 1.66 bits per heavy atom. The van der Waals surface area contributed by atoms with E-state index >= 15 is 0 Å². The maximum atomic E-state index is 14.4. The molecule has 1 aliphatic rings. The number of likely N-dealkylation sites (N-methyl/N-ethyl adjacent to an activating group) is 2. The normalized spacial score (nSPS) is 16.5. The van der Waals surface area contributed by atoms with Gasteiger partial charge in [-0.3, -0.25) is 14.4 Å². The van der Waals surface area contributed by atoms with Gasteiger partial charge in [-0.05, 0) is 61.1 Å². The predicted molar refractivity (Wildman–Crippen MR) is 175 cm³/mol. The topological polar surface area (TPSA) is 105 Å². The van der Waals surface area contributed by atoms with Crippen LogP contribution < -0.4 is 11.1 Å². The summed E-state index contributed by atoms with van der Waals surface area (Å²) in [6.45, 7) is 4.88. The van der Waals surface area contributed by atoms with Gasteiger partial charge in [-0.1, -0.05) is 78.9 Å². The van der Waals surface area contributed by atoms with E-state index in [4.69, 9.17) is 10.5 Å². The zero-order chi connectivity index (χ0) is 31.7. The zero-order valence-electron chi connectivity index (χ0n) is 26.4. The predicted octanol–water partition coefficient (Wildman–Crippen LogP) is 4.26. The number of benzene rings is 3. The molecule has 1 fully saturated rings. The number of nitrogens with one attached hydrogen (secondary N) is 1. The fourth-order valence-corrected chi connectivity index (χ4v) is 5.57. The van der Waals surface area contributed by atoms with E-state index in [1.807, 2.05) is 86.6 Å². The number of nitrogens with two attached hydrogens (primary N) is 1. The lowest BCUT2D eigenvalue weighted by Crippen LogP contribution is -2.56. The third-order valence-corrected chi connectivity index (χ3v) is 8.22. The first kappa shape index (κ1) is 32.9. The van der Waals surface area contributed by atoms with E-state index in [0.29, 0.717) is 32.4 Å². The quantitative estimate of drug-likeness (QED) is 0.286. The smallest absolute Gasteiger partial charge is 0.246 e. The van der Waals surface area contributed by atoms with Gasteiger partial charge in [0.25, 0.3) is 0 Å². The summed E-state index contributed by atoms with van der Waals surface area (Å²) in [5.41, 5.74) is 7.53. The molecule has 0 aromatic heterocycles. The molecule has 2 unspecified atom stereocenters. The second kappa shape index (κ2) is 15.1. The second-order valence-corrected chi connectivity index (χ2v) is 12.4. The second-order valence-electron chi connectivity index (χ2n) is 12.4. The van der Waals surface area contributed by atoms with Crippen LogP contribution in [0, 0.1) is 0 Å². The first-order chi connectivity index (χ1) is 21.0. The summed E-state index contributed by atoms with van der Waals surface area (Å²) in [7, 11) is 3.30. The Morgan fingerprint density at radius 3 is 2.36 bits per heavy atom. The van der Waals surface area contributed by atoms with E-state index in [0.717, 1.165) is 34.7 Å². The lowest BCUT2D eigenvalue weighted by molar-refractivity contribution is -0.146. The first-order valence-electron chi connectivity index (χ1n) is 15.4. The average Bonchev–Trinajstić information content (AvgIpc) is 3.54. The largest absolute Gasteiger partial charge is 0.376 e. The van der Waals surface area contributed by atoms with Crippen molar-refractivity contribution in [2.24, 2.45) is 5.73 Å². The van der Waals surface area contributed by atoms with Crippen LogP contribution in [0.3, 0.4) is 0 Å². The number of rotatable bonds is 13. The number of hydrogen-bond donors (Lipinski definition) is 2. The highest BCUT2D eigenvalue weighted by Gasteiger charge is 2.35. The van der Waals surface area contributed by atoms with Crippen molar-refractivity contribution in [3.63, 3.8) is 0 Å². The first-order valence-corrected chi connectivity index (χ1v) is 15.4. The monoisotopic (exact) mass is 598 g/mol. The van der Waals surface area contributed by atoms with Gasteiger partial charge in [-0.25, -0.2) is 0 Å². The number of amides is 3. The molecule has 4 rings (SSSR count). The van der Waals surface area contributed by atoms with Gasteiger partial charge in [0.15, 0.2) is 0 Å². The Morgan fingerprint density at radius 1 is 0.955 bits per heavy atom. The minimum atomic E-state index is -0.849. The van der Waals surface area contributed by atoms with Gasteiger partial charge in [0.1, 0.15) is 12.1 Å². The van der Waals surface area contributed by atoms with Crippen molar-refractivity contribution in [2.45, 2.75) is 69.7 Å². The Hall–Kier alpha value is -4.01. The van der Waals surface area contributed by atoms with Crippen LogP contribution in [0.1, 0.15) is 44.2 Å².